The second-order valence-corrected chi connectivity index (χ2v) is 12.0. The number of carbonyl (C=O) groups is 4. The van der Waals surface area contributed by atoms with Crippen molar-refractivity contribution in [3.63, 3.8) is 0 Å². The molecule has 0 aliphatic carbocycles. The van der Waals surface area contributed by atoms with Gasteiger partial charge in [0.15, 0.2) is 0 Å². The van der Waals surface area contributed by atoms with Gasteiger partial charge < -0.3 is 19.9 Å². The van der Waals surface area contributed by atoms with Gasteiger partial charge >= 0.3 is 0 Å². The van der Waals surface area contributed by atoms with Crippen LogP contribution in [0.3, 0.4) is 0 Å². The largest absolute Gasteiger partial charge is 0.378 e. The average molecular weight is 632 g/mol. The van der Waals surface area contributed by atoms with Gasteiger partial charge in [-0.2, -0.15) is 0 Å². The summed E-state index contributed by atoms with van der Waals surface area (Å²) in [5.41, 5.74) is 4.65. The number of hydrogen-bond acceptors (Lipinski definition) is 7. The summed E-state index contributed by atoms with van der Waals surface area (Å²) in [4.78, 5) is 63.5. The Balaban J connectivity index is 1.34. The van der Waals surface area contributed by atoms with E-state index in [1.54, 1.807) is 42.7 Å². The van der Waals surface area contributed by atoms with Crippen LogP contribution in [0.15, 0.2) is 97.3 Å². The number of fused-ring (bicyclic) bond motifs is 1. The number of rotatable bonds is 10. The summed E-state index contributed by atoms with van der Waals surface area (Å²) in [5, 5.41) is 3.03. The van der Waals surface area contributed by atoms with Crippen LogP contribution in [-0.4, -0.2) is 66.2 Å². The number of nitrogens with zero attached hydrogens (tertiary/aromatic N) is 4. The van der Waals surface area contributed by atoms with Crippen LogP contribution in [-0.2, 0) is 25.7 Å². The van der Waals surface area contributed by atoms with Crippen LogP contribution in [0.2, 0.25) is 0 Å². The molecule has 4 aromatic rings. The van der Waals surface area contributed by atoms with Gasteiger partial charge in [0.1, 0.15) is 12.6 Å². The zero-order chi connectivity index (χ0) is 32.9. The second-order valence-electron chi connectivity index (χ2n) is 12.0. The number of morpholine rings is 1. The van der Waals surface area contributed by atoms with Gasteiger partial charge in [0.2, 0.25) is 5.91 Å². The predicted octanol–water partition coefficient (Wildman–Crippen LogP) is 4.98. The standard InChI is InChI=1S/C37H37N5O5/c1-25(2)27-9-11-28(12-10-27)34(36(45)39-29-13-15-30(16-14-29)40-18-20-47-21-19-40)42(23-26-6-5-17-38-22-26)33(43)24-41-32-8-4-3-7-31(32)35(44)37(41)46/h3-17,22,25,34H,18-21,23-24H2,1-2H3,(H,39,45). The van der Waals surface area contributed by atoms with Crippen molar-refractivity contribution in [3.05, 3.63) is 120 Å². The zero-order valence-electron chi connectivity index (χ0n) is 26.5. The molecule has 0 radical (unpaired) electrons. The Morgan fingerprint density at radius 1 is 0.894 bits per heavy atom. The van der Waals surface area contributed by atoms with Crippen LogP contribution < -0.4 is 15.1 Å². The van der Waals surface area contributed by atoms with Crippen molar-refractivity contribution in [1.29, 1.82) is 0 Å². The lowest BCUT2D eigenvalue weighted by molar-refractivity contribution is -0.139. The quantitative estimate of drug-likeness (QED) is 0.246. The molecule has 1 fully saturated rings. The maximum atomic E-state index is 14.3. The normalized spacial score (nSPS) is 15.0. The highest BCUT2D eigenvalue weighted by Gasteiger charge is 2.39. The number of amides is 3. The van der Waals surface area contributed by atoms with Crippen LogP contribution in [0.4, 0.5) is 17.1 Å². The molecule has 10 heteroatoms. The molecule has 1 unspecified atom stereocenters. The number of benzene rings is 3. The Hall–Kier alpha value is -5.35. The van der Waals surface area contributed by atoms with E-state index >= 15 is 0 Å². The molecule has 3 amide bonds. The molecule has 0 bridgehead atoms. The van der Waals surface area contributed by atoms with E-state index in [1.165, 1.54) is 9.80 Å². The number of anilines is 3. The first-order valence-corrected chi connectivity index (χ1v) is 15.8. The van der Waals surface area contributed by atoms with Crippen LogP contribution >= 0.6 is 0 Å². The first-order chi connectivity index (χ1) is 22.8. The Kier molecular flexibility index (Phi) is 9.40. The Bertz CT molecular complexity index is 1750. The molecule has 2 aliphatic heterocycles. The van der Waals surface area contributed by atoms with Crippen molar-refractivity contribution in [2.75, 3.05) is 48.0 Å². The number of hydrogen-bond donors (Lipinski definition) is 1. The van der Waals surface area contributed by atoms with E-state index in [0.29, 0.717) is 35.7 Å². The van der Waals surface area contributed by atoms with Crippen molar-refractivity contribution < 1.29 is 23.9 Å². The molecule has 1 saturated heterocycles. The molecule has 1 N–H and O–H groups in total. The molecule has 2 aliphatic rings. The summed E-state index contributed by atoms with van der Waals surface area (Å²) in [7, 11) is 0. The van der Waals surface area contributed by atoms with Crippen LogP contribution in [0.5, 0.6) is 0 Å². The van der Waals surface area contributed by atoms with Crippen molar-refractivity contribution in [2.45, 2.75) is 32.4 Å². The molecular formula is C37H37N5O5. The smallest absolute Gasteiger partial charge is 0.299 e. The minimum atomic E-state index is -1.06. The van der Waals surface area contributed by atoms with Gasteiger partial charge in [0.05, 0.1) is 24.5 Å². The summed E-state index contributed by atoms with van der Waals surface area (Å²) in [5.74, 6) is -2.08. The minimum Gasteiger partial charge on any atom is -0.378 e. The van der Waals surface area contributed by atoms with E-state index in [2.05, 4.69) is 29.0 Å². The summed E-state index contributed by atoms with van der Waals surface area (Å²) in [6, 6.07) is 24.4. The number of para-hydroxylation sites is 1. The van der Waals surface area contributed by atoms with E-state index in [0.717, 1.165) is 24.3 Å². The summed E-state index contributed by atoms with van der Waals surface area (Å²) >= 11 is 0. The van der Waals surface area contributed by atoms with Gasteiger partial charge in [0.25, 0.3) is 17.6 Å². The maximum Gasteiger partial charge on any atom is 0.299 e. The fraction of sp³-hybridized carbons (Fsp3) is 0.270. The predicted molar refractivity (Wildman–Crippen MR) is 179 cm³/mol. The number of ketones is 1. The fourth-order valence-corrected chi connectivity index (χ4v) is 5.97. The van der Waals surface area contributed by atoms with Crippen LogP contribution in [0.1, 0.15) is 52.9 Å². The lowest BCUT2D eigenvalue weighted by Gasteiger charge is -2.33. The van der Waals surface area contributed by atoms with Gasteiger partial charge in [-0.25, -0.2) is 0 Å². The highest BCUT2D eigenvalue weighted by molar-refractivity contribution is 6.52. The van der Waals surface area contributed by atoms with E-state index < -0.39 is 36.1 Å². The summed E-state index contributed by atoms with van der Waals surface area (Å²) < 4.78 is 5.47. The van der Waals surface area contributed by atoms with Crippen molar-refractivity contribution in [3.8, 4) is 0 Å². The number of pyridine rings is 1. The van der Waals surface area contributed by atoms with Crippen molar-refractivity contribution in [2.24, 2.45) is 0 Å². The average Bonchev–Trinajstić information content (AvgIpc) is 3.34. The van der Waals surface area contributed by atoms with E-state index in [4.69, 9.17) is 4.74 Å². The topological polar surface area (TPSA) is 112 Å². The number of carbonyl (C=O) groups excluding carboxylic acids is 4. The van der Waals surface area contributed by atoms with Gasteiger partial charge in [-0.05, 0) is 65.1 Å². The molecule has 1 aromatic heterocycles. The van der Waals surface area contributed by atoms with Crippen molar-refractivity contribution >= 4 is 40.6 Å². The Morgan fingerprint density at radius 2 is 1.60 bits per heavy atom. The van der Waals surface area contributed by atoms with Crippen LogP contribution in [0.25, 0.3) is 0 Å². The molecule has 240 valence electrons. The minimum absolute atomic E-state index is 0.0459. The molecule has 6 rings (SSSR count). The summed E-state index contributed by atoms with van der Waals surface area (Å²) in [6.07, 6.45) is 3.28. The van der Waals surface area contributed by atoms with Gasteiger partial charge in [-0.1, -0.05) is 56.3 Å². The van der Waals surface area contributed by atoms with E-state index in [9.17, 15) is 19.2 Å². The van der Waals surface area contributed by atoms with E-state index in [-0.39, 0.29) is 18.0 Å². The molecule has 3 heterocycles. The number of aromatic nitrogens is 1. The molecule has 1 atom stereocenters. The molecule has 0 spiro atoms. The second kappa shape index (κ2) is 14.0. The number of nitrogens with one attached hydrogen (secondary N) is 1. The molecule has 0 saturated carbocycles. The summed E-state index contributed by atoms with van der Waals surface area (Å²) in [6.45, 7) is 6.73. The van der Waals surface area contributed by atoms with Gasteiger partial charge in [0, 0.05) is 43.4 Å². The van der Waals surface area contributed by atoms with E-state index in [1.807, 2.05) is 54.6 Å². The van der Waals surface area contributed by atoms with Crippen molar-refractivity contribution in [1.82, 2.24) is 9.88 Å². The lowest BCUT2D eigenvalue weighted by Crippen LogP contribution is -2.46. The maximum absolute atomic E-state index is 14.3. The molecule has 47 heavy (non-hydrogen) atoms. The van der Waals surface area contributed by atoms with Gasteiger partial charge in [-0.15, -0.1) is 0 Å². The first kappa shape index (κ1) is 31.6. The van der Waals surface area contributed by atoms with Crippen LogP contribution in [0, 0.1) is 0 Å². The SMILES string of the molecule is CC(C)c1ccc(C(C(=O)Nc2ccc(N3CCOCC3)cc2)N(Cc2cccnc2)C(=O)CN2C(=O)C(=O)c3ccccc32)cc1. The Morgan fingerprint density at radius 3 is 2.28 bits per heavy atom. The van der Waals surface area contributed by atoms with Gasteiger partial charge in [-0.3, -0.25) is 29.1 Å². The molecule has 3 aromatic carbocycles. The number of ether oxygens (including phenoxy) is 1. The molecule has 10 nitrogen and oxygen atoms in total. The first-order valence-electron chi connectivity index (χ1n) is 15.8. The third kappa shape index (κ3) is 6.92. The lowest BCUT2D eigenvalue weighted by atomic mass is 9.97. The fourth-order valence-electron chi connectivity index (χ4n) is 5.97. The molecular weight excluding hydrogens is 594 g/mol. The third-order valence-corrected chi connectivity index (χ3v) is 8.56. The monoisotopic (exact) mass is 631 g/mol. The number of Topliss-reactive ketones (excluding diaryl/α,β-unsaturated/α-hetero) is 1. The highest BCUT2D eigenvalue weighted by atomic mass is 16.5. The third-order valence-electron chi connectivity index (χ3n) is 8.56. The zero-order valence-corrected chi connectivity index (χ0v) is 26.5. The highest BCUT2D eigenvalue weighted by Crippen LogP contribution is 2.31. The Labute approximate surface area is 274 Å².